The van der Waals surface area contributed by atoms with Crippen molar-refractivity contribution in [1.29, 1.82) is 0 Å². The number of benzene rings is 1. The Labute approximate surface area is 144 Å². The van der Waals surface area contributed by atoms with Crippen molar-refractivity contribution in [3.63, 3.8) is 0 Å². The van der Waals surface area contributed by atoms with Gasteiger partial charge in [-0.1, -0.05) is 12.1 Å². The van der Waals surface area contributed by atoms with Gasteiger partial charge in [-0.25, -0.2) is 8.42 Å². The summed E-state index contributed by atoms with van der Waals surface area (Å²) in [5.74, 6) is 0.278. The Kier molecular flexibility index (Phi) is 7.51. The Bertz CT molecular complexity index is 626. The average Bonchev–Trinajstić information content (AvgIpc) is 3.00. The van der Waals surface area contributed by atoms with Gasteiger partial charge in [-0.3, -0.25) is 4.79 Å². The standard InChI is InChI=1S/C16H24N2O3S.ClH/c1-12(2)22(20,21)15-6-4-3-5-14(15)16(19)18-10-8-13-7-9-17-11-13;/h3-6,12-13,17H,7-11H2,1-2H3,(H,18,19);1H. The molecule has 1 aliphatic rings. The van der Waals surface area contributed by atoms with Crippen LogP contribution in [0.2, 0.25) is 0 Å². The van der Waals surface area contributed by atoms with E-state index in [4.69, 9.17) is 0 Å². The smallest absolute Gasteiger partial charge is 0.252 e. The maximum absolute atomic E-state index is 12.4. The van der Waals surface area contributed by atoms with Gasteiger partial charge in [0.1, 0.15) is 0 Å². The number of nitrogens with one attached hydrogen (secondary N) is 2. The fourth-order valence-corrected chi connectivity index (χ4v) is 3.85. The van der Waals surface area contributed by atoms with Gasteiger partial charge in [0.15, 0.2) is 9.84 Å². The Morgan fingerprint density at radius 1 is 1.35 bits per heavy atom. The molecule has 1 amide bonds. The van der Waals surface area contributed by atoms with E-state index in [1.165, 1.54) is 6.07 Å². The number of rotatable bonds is 6. The van der Waals surface area contributed by atoms with Gasteiger partial charge in [0.25, 0.3) is 5.91 Å². The summed E-state index contributed by atoms with van der Waals surface area (Å²) < 4.78 is 24.7. The normalized spacial score (nSPS) is 17.8. The van der Waals surface area contributed by atoms with Crippen molar-refractivity contribution in [1.82, 2.24) is 10.6 Å². The monoisotopic (exact) mass is 360 g/mol. The summed E-state index contributed by atoms with van der Waals surface area (Å²) >= 11 is 0. The number of carbonyl (C=O) groups is 1. The van der Waals surface area contributed by atoms with E-state index in [0.717, 1.165) is 25.9 Å². The van der Waals surface area contributed by atoms with Crippen LogP contribution in [0.1, 0.15) is 37.0 Å². The lowest BCUT2D eigenvalue weighted by molar-refractivity contribution is 0.0948. The highest BCUT2D eigenvalue weighted by atomic mass is 35.5. The average molecular weight is 361 g/mol. The minimum Gasteiger partial charge on any atom is -0.352 e. The molecule has 1 saturated heterocycles. The van der Waals surface area contributed by atoms with E-state index in [9.17, 15) is 13.2 Å². The molecule has 0 radical (unpaired) electrons. The predicted octanol–water partition coefficient (Wildman–Crippen LogP) is 2.02. The van der Waals surface area contributed by atoms with E-state index in [-0.39, 0.29) is 28.8 Å². The minimum atomic E-state index is -3.46. The van der Waals surface area contributed by atoms with Gasteiger partial charge in [-0.05, 0) is 57.8 Å². The quantitative estimate of drug-likeness (QED) is 0.813. The van der Waals surface area contributed by atoms with Crippen LogP contribution in [0.25, 0.3) is 0 Å². The van der Waals surface area contributed by atoms with Crippen molar-refractivity contribution in [2.45, 2.75) is 36.8 Å². The Hall–Kier alpha value is -1.11. The summed E-state index contributed by atoms with van der Waals surface area (Å²) in [6.07, 6.45) is 2.05. The van der Waals surface area contributed by atoms with Crippen LogP contribution in [0.15, 0.2) is 29.2 Å². The first-order valence-corrected chi connectivity index (χ1v) is 9.29. The molecule has 0 spiro atoms. The molecule has 1 fully saturated rings. The van der Waals surface area contributed by atoms with Crippen LogP contribution in [-0.4, -0.2) is 39.2 Å². The van der Waals surface area contributed by atoms with Crippen molar-refractivity contribution in [3.8, 4) is 0 Å². The third-order valence-electron chi connectivity index (χ3n) is 4.06. The molecule has 0 bridgehead atoms. The molecule has 1 unspecified atom stereocenters. The van der Waals surface area contributed by atoms with Gasteiger partial charge in [0, 0.05) is 6.54 Å². The summed E-state index contributed by atoms with van der Waals surface area (Å²) in [5.41, 5.74) is 0.237. The zero-order chi connectivity index (χ0) is 16.2. The van der Waals surface area contributed by atoms with Crippen LogP contribution in [0.4, 0.5) is 0 Å². The first-order valence-electron chi connectivity index (χ1n) is 7.74. The van der Waals surface area contributed by atoms with Crippen molar-refractivity contribution in [2.75, 3.05) is 19.6 Å². The van der Waals surface area contributed by atoms with Gasteiger partial charge < -0.3 is 10.6 Å². The summed E-state index contributed by atoms with van der Waals surface area (Å²) in [5, 5.41) is 5.59. The topological polar surface area (TPSA) is 75.3 Å². The molecule has 1 atom stereocenters. The van der Waals surface area contributed by atoms with Crippen LogP contribution < -0.4 is 10.6 Å². The number of halogens is 1. The summed E-state index contributed by atoms with van der Waals surface area (Å²) in [6.45, 7) is 5.84. The van der Waals surface area contributed by atoms with Crippen molar-refractivity contribution in [2.24, 2.45) is 5.92 Å². The third-order valence-corrected chi connectivity index (χ3v) is 6.27. The van der Waals surface area contributed by atoms with Crippen molar-refractivity contribution >= 4 is 28.2 Å². The molecule has 5 nitrogen and oxygen atoms in total. The van der Waals surface area contributed by atoms with Crippen LogP contribution >= 0.6 is 12.4 Å². The van der Waals surface area contributed by atoms with E-state index in [1.54, 1.807) is 32.0 Å². The second-order valence-corrected chi connectivity index (χ2v) is 8.47. The molecule has 23 heavy (non-hydrogen) atoms. The molecule has 0 saturated carbocycles. The largest absolute Gasteiger partial charge is 0.352 e. The molecule has 130 valence electrons. The van der Waals surface area contributed by atoms with Gasteiger partial charge in [0.05, 0.1) is 15.7 Å². The Morgan fingerprint density at radius 3 is 2.65 bits per heavy atom. The molecule has 0 aromatic heterocycles. The summed E-state index contributed by atoms with van der Waals surface area (Å²) in [7, 11) is -3.46. The zero-order valence-electron chi connectivity index (χ0n) is 13.5. The van der Waals surface area contributed by atoms with E-state index in [2.05, 4.69) is 10.6 Å². The number of sulfone groups is 1. The SMILES string of the molecule is CC(C)S(=O)(=O)c1ccccc1C(=O)NCCC1CCNC1.Cl. The first-order chi connectivity index (χ1) is 10.4. The molecule has 2 N–H and O–H groups in total. The van der Waals surface area contributed by atoms with Crippen LogP contribution in [-0.2, 0) is 9.84 Å². The number of hydrogen-bond donors (Lipinski definition) is 2. The number of amides is 1. The van der Waals surface area contributed by atoms with Crippen LogP contribution in [0.5, 0.6) is 0 Å². The lowest BCUT2D eigenvalue weighted by atomic mass is 10.1. The number of hydrogen-bond acceptors (Lipinski definition) is 4. The second kappa shape index (κ2) is 8.66. The molecule has 1 heterocycles. The van der Waals surface area contributed by atoms with Gasteiger partial charge in [-0.15, -0.1) is 12.4 Å². The van der Waals surface area contributed by atoms with E-state index < -0.39 is 15.1 Å². The lowest BCUT2D eigenvalue weighted by Gasteiger charge is -2.14. The highest BCUT2D eigenvalue weighted by molar-refractivity contribution is 7.92. The molecule has 2 rings (SSSR count). The summed E-state index contributed by atoms with van der Waals surface area (Å²) in [6, 6.07) is 6.41. The molecule has 0 aliphatic carbocycles. The Morgan fingerprint density at radius 2 is 2.04 bits per heavy atom. The maximum Gasteiger partial charge on any atom is 0.252 e. The van der Waals surface area contributed by atoms with E-state index in [0.29, 0.717) is 12.5 Å². The molecule has 1 aromatic rings. The van der Waals surface area contributed by atoms with E-state index in [1.807, 2.05) is 0 Å². The second-order valence-electron chi connectivity index (χ2n) is 5.99. The van der Waals surface area contributed by atoms with E-state index >= 15 is 0 Å². The number of carbonyl (C=O) groups excluding carboxylic acids is 1. The first kappa shape index (κ1) is 19.9. The molecule has 1 aliphatic heterocycles. The highest BCUT2D eigenvalue weighted by Crippen LogP contribution is 2.20. The molecule has 1 aromatic carbocycles. The Balaban J connectivity index is 0.00000264. The molecule has 7 heteroatoms. The van der Waals surface area contributed by atoms with Gasteiger partial charge in [-0.2, -0.15) is 0 Å². The summed E-state index contributed by atoms with van der Waals surface area (Å²) in [4.78, 5) is 12.4. The van der Waals surface area contributed by atoms with Crippen LogP contribution in [0, 0.1) is 5.92 Å². The van der Waals surface area contributed by atoms with Crippen molar-refractivity contribution < 1.29 is 13.2 Å². The highest BCUT2D eigenvalue weighted by Gasteiger charge is 2.25. The fraction of sp³-hybridized carbons (Fsp3) is 0.562. The van der Waals surface area contributed by atoms with Crippen LogP contribution in [0.3, 0.4) is 0 Å². The molecular weight excluding hydrogens is 336 g/mol. The third kappa shape index (κ3) is 4.93. The predicted molar refractivity (Wildman–Crippen MR) is 93.9 cm³/mol. The van der Waals surface area contributed by atoms with Gasteiger partial charge >= 0.3 is 0 Å². The zero-order valence-corrected chi connectivity index (χ0v) is 15.2. The lowest BCUT2D eigenvalue weighted by Crippen LogP contribution is -2.28. The minimum absolute atomic E-state index is 0. The maximum atomic E-state index is 12.4. The van der Waals surface area contributed by atoms with Gasteiger partial charge in [0.2, 0.25) is 0 Å². The van der Waals surface area contributed by atoms with Crippen molar-refractivity contribution in [3.05, 3.63) is 29.8 Å². The molecular formula is C16H25ClN2O3S. The fourth-order valence-electron chi connectivity index (χ4n) is 2.60.